The number of benzene rings is 2. The van der Waals surface area contributed by atoms with Crippen molar-refractivity contribution in [3.8, 4) is 0 Å². The number of amides is 1. The van der Waals surface area contributed by atoms with Gasteiger partial charge in [0, 0.05) is 37.7 Å². The molecule has 0 aliphatic carbocycles. The van der Waals surface area contributed by atoms with Gasteiger partial charge >= 0.3 is 0 Å². The molecule has 132 valence electrons. The topological polar surface area (TPSA) is 23.6 Å². The molecule has 0 N–H and O–H groups in total. The molecule has 0 saturated carbocycles. The predicted octanol–water partition coefficient (Wildman–Crippen LogP) is 3.41. The van der Waals surface area contributed by atoms with Crippen LogP contribution < -0.4 is 0 Å². The molecule has 1 saturated heterocycles. The highest BCUT2D eigenvalue weighted by Crippen LogP contribution is 2.13. The van der Waals surface area contributed by atoms with Crippen LogP contribution in [-0.2, 0) is 17.6 Å². The molecule has 1 fully saturated rings. The molecule has 1 heterocycles. The Balaban J connectivity index is 1.45. The molecule has 0 aromatic heterocycles. The van der Waals surface area contributed by atoms with Gasteiger partial charge in [-0.15, -0.1) is 0 Å². The molecule has 1 aliphatic rings. The lowest BCUT2D eigenvalue weighted by atomic mass is 10.1. The molecule has 25 heavy (non-hydrogen) atoms. The molecule has 5 heteroatoms. The lowest BCUT2D eigenvalue weighted by Gasteiger charge is -2.34. The summed E-state index contributed by atoms with van der Waals surface area (Å²) in [5, 5.41) is 0.765. The second kappa shape index (κ2) is 8.45. The highest BCUT2D eigenvalue weighted by molar-refractivity contribution is 6.30. The van der Waals surface area contributed by atoms with E-state index in [0.29, 0.717) is 18.7 Å². The molecular weight excluding hydrogens is 339 g/mol. The van der Waals surface area contributed by atoms with Crippen molar-refractivity contribution in [2.45, 2.75) is 12.8 Å². The molecule has 1 amide bonds. The van der Waals surface area contributed by atoms with Gasteiger partial charge in [0.15, 0.2) is 0 Å². The number of hydrogen-bond donors (Lipinski definition) is 0. The first kappa shape index (κ1) is 17.9. The van der Waals surface area contributed by atoms with E-state index in [1.807, 2.05) is 23.1 Å². The van der Waals surface area contributed by atoms with Gasteiger partial charge in [-0.05, 0) is 35.7 Å². The Hall–Kier alpha value is -1.91. The van der Waals surface area contributed by atoms with Gasteiger partial charge in [0.1, 0.15) is 5.82 Å². The van der Waals surface area contributed by atoms with Crippen molar-refractivity contribution in [1.82, 2.24) is 9.80 Å². The van der Waals surface area contributed by atoms with Gasteiger partial charge in [0.2, 0.25) is 5.91 Å². The summed E-state index contributed by atoms with van der Waals surface area (Å²) < 4.78 is 13.7. The van der Waals surface area contributed by atoms with Gasteiger partial charge in [0.05, 0.1) is 6.42 Å². The first-order chi connectivity index (χ1) is 12.1. The fourth-order valence-electron chi connectivity index (χ4n) is 3.12. The summed E-state index contributed by atoms with van der Waals surface area (Å²) in [6, 6.07) is 14.4. The molecule has 1 aliphatic heterocycles. The van der Waals surface area contributed by atoms with E-state index in [1.165, 1.54) is 11.6 Å². The van der Waals surface area contributed by atoms with Gasteiger partial charge < -0.3 is 4.90 Å². The third-order valence-electron chi connectivity index (χ3n) is 4.63. The molecule has 2 aromatic rings. The van der Waals surface area contributed by atoms with Crippen LogP contribution >= 0.6 is 11.6 Å². The average molecular weight is 361 g/mol. The number of carbonyl (C=O) groups is 1. The minimum Gasteiger partial charge on any atom is -0.340 e. The Morgan fingerprint density at radius 3 is 2.52 bits per heavy atom. The minimum atomic E-state index is -0.309. The van der Waals surface area contributed by atoms with Crippen molar-refractivity contribution in [3.05, 3.63) is 70.5 Å². The van der Waals surface area contributed by atoms with Crippen molar-refractivity contribution < 1.29 is 9.18 Å². The highest BCUT2D eigenvalue weighted by atomic mass is 35.5. The van der Waals surface area contributed by atoms with Crippen molar-refractivity contribution in [1.29, 1.82) is 0 Å². The van der Waals surface area contributed by atoms with Gasteiger partial charge in [0.25, 0.3) is 0 Å². The third-order valence-corrected chi connectivity index (χ3v) is 4.87. The smallest absolute Gasteiger partial charge is 0.227 e. The normalized spacial score (nSPS) is 15.4. The quantitative estimate of drug-likeness (QED) is 0.815. The van der Waals surface area contributed by atoms with E-state index < -0.39 is 0 Å². The van der Waals surface area contributed by atoms with Crippen LogP contribution in [0.4, 0.5) is 4.39 Å². The van der Waals surface area contributed by atoms with Gasteiger partial charge in [-0.2, -0.15) is 0 Å². The van der Waals surface area contributed by atoms with Crippen LogP contribution in [0.1, 0.15) is 11.1 Å². The van der Waals surface area contributed by atoms with Crippen LogP contribution in [-0.4, -0.2) is 48.4 Å². The number of halogens is 2. The average Bonchev–Trinajstić information content (AvgIpc) is 2.62. The van der Waals surface area contributed by atoms with E-state index in [2.05, 4.69) is 11.0 Å². The fourth-order valence-corrected chi connectivity index (χ4v) is 3.33. The maximum absolute atomic E-state index is 13.7. The molecule has 0 unspecified atom stereocenters. The summed E-state index contributed by atoms with van der Waals surface area (Å²) >= 11 is 6.01. The summed E-state index contributed by atoms with van der Waals surface area (Å²) in [7, 11) is 0. The Kier molecular flexibility index (Phi) is 6.05. The van der Waals surface area contributed by atoms with Crippen LogP contribution in [0.15, 0.2) is 48.5 Å². The fraction of sp³-hybridized carbons (Fsp3) is 0.350. The minimum absolute atomic E-state index is 0.000379. The van der Waals surface area contributed by atoms with Crippen LogP contribution in [0.5, 0.6) is 0 Å². The maximum Gasteiger partial charge on any atom is 0.227 e. The number of nitrogens with zero attached hydrogens (tertiary/aromatic N) is 2. The number of hydrogen-bond acceptors (Lipinski definition) is 2. The van der Waals surface area contributed by atoms with Crippen molar-refractivity contribution in [2.24, 2.45) is 0 Å². The van der Waals surface area contributed by atoms with E-state index in [-0.39, 0.29) is 18.1 Å². The predicted molar refractivity (Wildman–Crippen MR) is 98.3 cm³/mol. The van der Waals surface area contributed by atoms with Crippen molar-refractivity contribution >= 4 is 17.5 Å². The SMILES string of the molecule is O=C(Cc1ccccc1F)N1CCN(CCc2cccc(Cl)c2)CC1. The Bertz CT molecular complexity index is 729. The van der Waals surface area contributed by atoms with E-state index >= 15 is 0 Å². The third kappa shape index (κ3) is 5.03. The van der Waals surface area contributed by atoms with E-state index in [1.54, 1.807) is 18.2 Å². The molecule has 0 spiro atoms. The summed E-state index contributed by atoms with van der Waals surface area (Å²) in [5.41, 5.74) is 1.70. The largest absolute Gasteiger partial charge is 0.340 e. The molecule has 2 aromatic carbocycles. The monoisotopic (exact) mass is 360 g/mol. The lowest BCUT2D eigenvalue weighted by molar-refractivity contribution is -0.132. The molecular formula is C20H22ClFN2O. The number of piperazine rings is 1. The Labute approximate surface area is 153 Å². The first-order valence-corrected chi connectivity index (χ1v) is 8.97. The molecule has 3 rings (SSSR count). The van der Waals surface area contributed by atoms with E-state index in [0.717, 1.165) is 31.1 Å². The summed E-state index contributed by atoms with van der Waals surface area (Å²) in [6.45, 7) is 4.05. The number of rotatable bonds is 5. The molecule has 0 atom stereocenters. The van der Waals surface area contributed by atoms with Gasteiger partial charge in [-0.1, -0.05) is 41.9 Å². The Morgan fingerprint density at radius 2 is 1.80 bits per heavy atom. The second-order valence-corrected chi connectivity index (χ2v) is 6.81. The summed E-state index contributed by atoms with van der Waals surface area (Å²) in [6.07, 6.45) is 1.08. The maximum atomic E-state index is 13.7. The summed E-state index contributed by atoms with van der Waals surface area (Å²) in [4.78, 5) is 16.6. The zero-order valence-corrected chi connectivity index (χ0v) is 14.9. The second-order valence-electron chi connectivity index (χ2n) is 6.37. The van der Waals surface area contributed by atoms with Crippen molar-refractivity contribution in [2.75, 3.05) is 32.7 Å². The standard InChI is InChI=1S/C20H22ClFN2O/c21-18-6-3-4-16(14-18)8-9-23-10-12-24(13-11-23)20(25)15-17-5-1-2-7-19(17)22/h1-7,14H,8-13,15H2. The van der Waals surface area contributed by atoms with Crippen molar-refractivity contribution in [3.63, 3.8) is 0 Å². The van der Waals surface area contributed by atoms with E-state index in [9.17, 15) is 9.18 Å². The molecule has 0 bridgehead atoms. The van der Waals surface area contributed by atoms with Crippen LogP contribution in [0.2, 0.25) is 5.02 Å². The highest BCUT2D eigenvalue weighted by Gasteiger charge is 2.21. The van der Waals surface area contributed by atoms with Crippen LogP contribution in [0.25, 0.3) is 0 Å². The Morgan fingerprint density at radius 1 is 1.04 bits per heavy atom. The number of carbonyl (C=O) groups excluding carboxylic acids is 1. The van der Waals surface area contributed by atoms with Gasteiger partial charge in [-0.25, -0.2) is 4.39 Å². The van der Waals surface area contributed by atoms with Crippen LogP contribution in [0.3, 0.4) is 0 Å². The zero-order valence-electron chi connectivity index (χ0n) is 14.1. The molecule has 3 nitrogen and oxygen atoms in total. The zero-order chi connectivity index (χ0) is 17.6. The van der Waals surface area contributed by atoms with Gasteiger partial charge in [-0.3, -0.25) is 9.69 Å². The van der Waals surface area contributed by atoms with E-state index in [4.69, 9.17) is 11.6 Å². The van der Waals surface area contributed by atoms with Crippen LogP contribution in [0, 0.1) is 5.82 Å². The lowest BCUT2D eigenvalue weighted by Crippen LogP contribution is -2.49. The summed E-state index contributed by atoms with van der Waals surface area (Å²) in [5.74, 6) is -0.310. The first-order valence-electron chi connectivity index (χ1n) is 8.60. The molecule has 0 radical (unpaired) electrons.